The average Bonchev–Trinajstić information content (AvgIpc) is 2.22. The lowest BCUT2D eigenvalue weighted by Crippen LogP contribution is -2.18. The summed E-state index contributed by atoms with van der Waals surface area (Å²) in [6, 6.07) is 3.65. The first-order chi connectivity index (χ1) is 8.24. The van der Waals surface area contributed by atoms with Crippen LogP contribution in [0.4, 0.5) is 13.2 Å². The van der Waals surface area contributed by atoms with E-state index in [1.807, 2.05) is 0 Å². The summed E-state index contributed by atoms with van der Waals surface area (Å²) in [5, 5.41) is 17.4. The summed E-state index contributed by atoms with van der Waals surface area (Å²) in [7, 11) is 0. The monoisotopic (exact) mass is 277 g/mol. The smallest absolute Gasteiger partial charge is 0.481 e. The van der Waals surface area contributed by atoms with Crippen molar-refractivity contribution < 1.29 is 27.8 Å². The van der Waals surface area contributed by atoms with E-state index in [-0.39, 0.29) is 16.0 Å². The number of ether oxygens (including phenoxy) is 1. The van der Waals surface area contributed by atoms with Crippen molar-refractivity contribution in [2.45, 2.75) is 17.7 Å². The Kier molecular flexibility index (Phi) is 4.08. The van der Waals surface area contributed by atoms with E-state index in [0.717, 1.165) is 12.1 Å². The SMILES string of the molecule is N#Cc1ccc(OC(F)(F)F)c(S)c1CC(=O)O. The Morgan fingerprint density at radius 2 is 2.11 bits per heavy atom. The van der Waals surface area contributed by atoms with Gasteiger partial charge < -0.3 is 9.84 Å². The summed E-state index contributed by atoms with van der Waals surface area (Å²) in [4.78, 5) is 10.3. The van der Waals surface area contributed by atoms with Crippen LogP contribution in [0.3, 0.4) is 0 Å². The van der Waals surface area contributed by atoms with E-state index < -0.39 is 24.5 Å². The molecule has 0 bridgehead atoms. The number of thiol groups is 1. The van der Waals surface area contributed by atoms with Gasteiger partial charge in [0.15, 0.2) is 0 Å². The van der Waals surface area contributed by atoms with Crippen molar-refractivity contribution in [2.75, 3.05) is 0 Å². The molecule has 0 atom stereocenters. The molecule has 0 saturated carbocycles. The fourth-order valence-electron chi connectivity index (χ4n) is 1.26. The molecular formula is C10H6F3NO3S. The zero-order valence-corrected chi connectivity index (χ0v) is 9.55. The molecule has 96 valence electrons. The molecule has 0 saturated heterocycles. The molecule has 1 rings (SSSR count). The Hall–Kier alpha value is -1.88. The maximum Gasteiger partial charge on any atom is 0.573 e. The molecule has 0 unspecified atom stereocenters. The number of carbonyl (C=O) groups is 1. The van der Waals surface area contributed by atoms with Crippen LogP contribution in [0.1, 0.15) is 11.1 Å². The lowest BCUT2D eigenvalue weighted by atomic mass is 10.0. The molecule has 0 aliphatic heterocycles. The number of carboxylic acid groups (broad SMARTS) is 1. The standard InChI is InChI=1S/C10H6F3NO3S/c11-10(12,13)17-7-2-1-5(4-14)6(9(7)18)3-8(15)16/h1-2,18H,3H2,(H,15,16). The van der Waals surface area contributed by atoms with Crippen LogP contribution in [0.5, 0.6) is 5.75 Å². The molecular weight excluding hydrogens is 271 g/mol. The number of nitrogens with zero attached hydrogens (tertiary/aromatic N) is 1. The third-order valence-corrected chi connectivity index (χ3v) is 2.41. The van der Waals surface area contributed by atoms with Gasteiger partial charge >= 0.3 is 12.3 Å². The van der Waals surface area contributed by atoms with Crippen molar-refractivity contribution in [1.82, 2.24) is 0 Å². The van der Waals surface area contributed by atoms with Crippen molar-refractivity contribution in [2.24, 2.45) is 0 Å². The molecule has 0 aliphatic rings. The third-order valence-electron chi connectivity index (χ3n) is 1.92. The Bertz CT molecular complexity index is 522. The molecule has 1 aromatic rings. The van der Waals surface area contributed by atoms with Crippen LogP contribution >= 0.6 is 12.6 Å². The zero-order chi connectivity index (χ0) is 13.9. The van der Waals surface area contributed by atoms with Gasteiger partial charge in [0.25, 0.3) is 0 Å². The maximum atomic E-state index is 12.1. The molecule has 0 radical (unpaired) electrons. The van der Waals surface area contributed by atoms with Crippen LogP contribution in [0, 0.1) is 11.3 Å². The van der Waals surface area contributed by atoms with Gasteiger partial charge in [-0.1, -0.05) is 0 Å². The van der Waals surface area contributed by atoms with Crippen molar-refractivity contribution in [3.05, 3.63) is 23.3 Å². The second-order valence-electron chi connectivity index (χ2n) is 3.17. The number of halogens is 3. The number of benzene rings is 1. The van der Waals surface area contributed by atoms with Crippen LogP contribution in [0.2, 0.25) is 0 Å². The second-order valence-corrected chi connectivity index (χ2v) is 3.62. The molecule has 4 nitrogen and oxygen atoms in total. The van der Waals surface area contributed by atoms with Crippen LogP contribution in [-0.4, -0.2) is 17.4 Å². The summed E-state index contributed by atoms with van der Waals surface area (Å²) in [6.45, 7) is 0. The molecule has 0 heterocycles. The van der Waals surface area contributed by atoms with Crippen LogP contribution in [0.25, 0.3) is 0 Å². The van der Waals surface area contributed by atoms with Gasteiger partial charge in [0, 0.05) is 0 Å². The predicted molar refractivity (Wildman–Crippen MR) is 56.4 cm³/mol. The average molecular weight is 277 g/mol. The predicted octanol–water partition coefficient (Wildman–Crippen LogP) is 2.37. The first-order valence-corrected chi connectivity index (χ1v) is 4.92. The van der Waals surface area contributed by atoms with E-state index in [9.17, 15) is 18.0 Å². The zero-order valence-electron chi connectivity index (χ0n) is 8.65. The first-order valence-electron chi connectivity index (χ1n) is 4.47. The minimum Gasteiger partial charge on any atom is -0.481 e. The molecule has 0 spiro atoms. The largest absolute Gasteiger partial charge is 0.573 e. The Labute approximate surface area is 105 Å². The quantitative estimate of drug-likeness (QED) is 0.832. The summed E-state index contributed by atoms with van der Waals surface area (Å²) in [5.74, 6) is -1.92. The molecule has 0 fully saturated rings. The molecule has 0 aliphatic carbocycles. The first kappa shape index (κ1) is 14.2. The van der Waals surface area contributed by atoms with Gasteiger partial charge in [-0.3, -0.25) is 4.79 Å². The Morgan fingerprint density at radius 3 is 2.56 bits per heavy atom. The summed E-state index contributed by atoms with van der Waals surface area (Å²) >= 11 is 3.78. The van der Waals surface area contributed by atoms with E-state index in [1.165, 1.54) is 0 Å². The van der Waals surface area contributed by atoms with E-state index in [0.29, 0.717) is 0 Å². The fourth-order valence-corrected chi connectivity index (χ4v) is 1.58. The topological polar surface area (TPSA) is 70.3 Å². The van der Waals surface area contributed by atoms with Gasteiger partial charge in [-0.05, 0) is 17.7 Å². The van der Waals surface area contributed by atoms with Crippen LogP contribution < -0.4 is 4.74 Å². The highest BCUT2D eigenvalue weighted by Gasteiger charge is 2.32. The van der Waals surface area contributed by atoms with Gasteiger partial charge in [-0.2, -0.15) is 5.26 Å². The van der Waals surface area contributed by atoms with Crippen molar-refractivity contribution >= 4 is 18.6 Å². The summed E-state index contributed by atoms with van der Waals surface area (Å²) < 4.78 is 39.9. The fraction of sp³-hybridized carbons (Fsp3) is 0.200. The van der Waals surface area contributed by atoms with E-state index in [4.69, 9.17) is 10.4 Å². The summed E-state index contributed by atoms with van der Waals surface area (Å²) in [5.41, 5.74) is -0.174. The number of hydrogen-bond acceptors (Lipinski definition) is 4. The van der Waals surface area contributed by atoms with Gasteiger partial charge in [0.05, 0.1) is 22.9 Å². The van der Waals surface area contributed by atoms with Crippen LogP contribution in [-0.2, 0) is 11.2 Å². The van der Waals surface area contributed by atoms with Gasteiger partial charge in [0.1, 0.15) is 5.75 Å². The van der Waals surface area contributed by atoms with Crippen LogP contribution in [0.15, 0.2) is 17.0 Å². The third kappa shape index (κ3) is 3.56. The van der Waals surface area contributed by atoms with Gasteiger partial charge in [0.2, 0.25) is 0 Å². The number of nitriles is 1. The van der Waals surface area contributed by atoms with E-state index >= 15 is 0 Å². The normalized spacial score (nSPS) is 10.8. The molecule has 1 aromatic carbocycles. The Morgan fingerprint density at radius 1 is 1.50 bits per heavy atom. The minimum atomic E-state index is -4.91. The lowest BCUT2D eigenvalue weighted by Gasteiger charge is -2.13. The minimum absolute atomic E-state index is 0.0584. The number of rotatable bonds is 3. The molecule has 0 aromatic heterocycles. The molecule has 18 heavy (non-hydrogen) atoms. The highest BCUT2D eigenvalue weighted by Crippen LogP contribution is 2.33. The van der Waals surface area contributed by atoms with Crippen molar-refractivity contribution in [3.63, 3.8) is 0 Å². The lowest BCUT2D eigenvalue weighted by molar-refractivity contribution is -0.275. The molecule has 8 heteroatoms. The second kappa shape index (κ2) is 5.18. The highest BCUT2D eigenvalue weighted by atomic mass is 32.1. The highest BCUT2D eigenvalue weighted by molar-refractivity contribution is 7.80. The van der Waals surface area contributed by atoms with Crippen molar-refractivity contribution in [1.29, 1.82) is 5.26 Å². The van der Waals surface area contributed by atoms with E-state index in [1.54, 1.807) is 6.07 Å². The van der Waals surface area contributed by atoms with Gasteiger partial charge in [-0.15, -0.1) is 25.8 Å². The number of alkyl halides is 3. The summed E-state index contributed by atoms with van der Waals surface area (Å²) in [6.07, 6.45) is -5.52. The number of aliphatic carboxylic acids is 1. The number of carboxylic acids is 1. The Balaban J connectivity index is 3.26. The number of hydrogen-bond donors (Lipinski definition) is 2. The van der Waals surface area contributed by atoms with E-state index in [2.05, 4.69) is 17.4 Å². The molecule has 1 N–H and O–H groups in total. The van der Waals surface area contributed by atoms with Gasteiger partial charge in [-0.25, -0.2) is 0 Å². The van der Waals surface area contributed by atoms with Crippen molar-refractivity contribution in [3.8, 4) is 11.8 Å². The maximum absolute atomic E-state index is 12.1. The molecule has 0 amide bonds.